The van der Waals surface area contributed by atoms with Crippen molar-refractivity contribution >= 4 is 17.8 Å². The summed E-state index contributed by atoms with van der Waals surface area (Å²) >= 11 is 0. The summed E-state index contributed by atoms with van der Waals surface area (Å²) in [4.78, 5) is 34.0. The van der Waals surface area contributed by atoms with E-state index in [1.165, 1.54) is 14.2 Å². The Hall–Kier alpha value is -1.59. The second kappa shape index (κ2) is 8.49. The lowest BCUT2D eigenvalue weighted by Crippen LogP contribution is -2.42. The molecule has 0 aromatic rings. The van der Waals surface area contributed by atoms with Crippen LogP contribution in [0.3, 0.4) is 0 Å². The topological polar surface area (TPSA) is 81.7 Å². The van der Waals surface area contributed by atoms with Crippen LogP contribution in [0.4, 0.5) is 0 Å². The van der Waals surface area contributed by atoms with Gasteiger partial charge in [0.25, 0.3) is 0 Å². The average molecular weight is 259 g/mol. The molecule has 6 nitrogen and oxygen atoms in total. The van der Waals surface area contributed by atoms with Crippen LogP contribution < -0.4 is 5.32 Å². The van der Waals surface area contributed by atoms with E-state index < -0.39 is 18.0 Å². The minimum Gasteiger partial charge on any atom is -0.469 e. The van der Waals surface area contributed by atoms with Gasteiger partial charge in [0, 0.05) is 12.8 Å². The fourth-order valence-electron chi connectivity index (χ4n) is 1.38. The standard InChI is InChI=1S/C12H21NO5/c1-8(2)7-10(14)13-9(12(16)18-4)5-6-11(15)17-3/h8-9H,5-7H2,1-4H3,(H,13,14)/t9-/m1/s1. The van der Waals surface area contributed by atoms with Gasteiger partial charge >= 0.3 is 11.9 Å². The second-order valence-electron chi connectivity index (χ2n) is 4.36. The van der Waals surface area contributed by atoms with E-state index in [9.17, 15) is 14.4 Å². The summed E-state index contributed by atoms with van der Waals surface area (Å²) in [6.07, 6.45) is 0.549. The maximum atomic E-state index is 11.6. The number of hydrogen-bond acceptors (Lipinski definition) is 5. The Kier molecular flexibility index (Phi) is 7.74. The first kappa shape index (κ1) is 16.4. The van der Waals surface area contributed by atoms with Crippen molar-refractivity contribution in [2.24, 2.45) is 5.92 Å². The Morgan fingerprint density at radius 1 is 1.11 bits per heavy atom. The molecule has 0 aliphatic carbocycles. The van der Waals surface area contributed by atoms with Gasteiger partial charge in [-0.05, 0) is 12.3 Å². The van der Waals surface area contributed by atoms with Gasteiger partial charge in [-0.1, -0.05) is 13.8 Å². The van der Waals surface area contributed by atoms with Crippen molar-refractivity contribution in [3.05, 3.63) is 0 Å². The molecule has 0 bridgehead atoms. The van der Waals surface area contributed by atoms with E-state index in [2.05, 4.69) is 14.8 Å². The molecule has 0 heterocycles. The third-order valence-corrected chi connectivity index (χ3v) is 2.28. The largest absolute Gasteiger partial charge is 0.469 e. The summed E-state index contributed by atoms with van der Waals surface area (Å²) in [7, 11) is 2.51. The Morgan fingerprint density at radius 2 is 1.72 bits per heavy atom. The number of esters is 2. The van der Waals surface area contributed by atoms with Crippen molar-refractivity contribution in [2.75, 3.05) is 14.2 Å². The summed E-state index contributed by atoms with van der Waals surface area (Å²) in [6.45, 7) is 3.81. The monoisotopic (exact) mass is 259 g/mol. The number of carbonyl (C=O) groups is 3. The van der Waals surface area contributed by atoms with Crippen LogP contribution in [0.2, 0.25) is 0 Å². The summed E-state index contributed by atoms with van der Waals surface area (Å²) < 4.78 is 9.06. The molecule has 18 heavy (non-hydrogen) atoms. The molecule has 0 rings (SSSR count). The zero-order valence-electron chi connectivity index (χ0n) is 11.3. The maximum Gasteiger partial charge on any atom is 0.328 e. The lowest BCUT2D eigenvalue weighted by Gasteiger charge is -2.16. The van der Waals surface area contributed by atoms with E-state index >= 15 is 0 Å². The van der Waals surface area contributed by atoms with Crippen LogP contribution >= 0.6 is 0 Å². The Balaban J connectivity index is 4.36. The normalized spacial score (nSPS) is 11.8. The van der Waals surface area contributed by atoms with E-state index in [0.717, 1.165) is 0 Å². The Morgan fingerprint density at radius 3 is 2.17 bits per heavy atom. The molecule has 1 atom stereocenters. The molecule has 6 heteroatoms. The van der Waals surface area contributed by atoms with Crippen LogP contribution in [0.5, 0.6) is 0 Å². The zero-order valence-corrected chi connectivity index (χ0v) is 11.3. The van der Waals surface area contributed by atoms with Crippen LogP contribution in [0, 0.1) is 5.92 Å². The first-order valence-corrected chi connectivity index (χ1v) is 5.84. The van der Waals surface area contributed by atoms with Crippen LogP contribution in [-0.4, -0.2) is 38.1 Å². The number of amides is 1. The molecular formula is C12H21NO5. The highest BCUT2D eigenvalue weighted by Crippen LogP contribution is 2.04. The van der Waals surface area contributed by atoms with Gasteiger partial charge in [-0.25, -0.2) is 4.79 Å². The van der Waals surface area contributed by atoms with Crippen LogP contribution in [0.15, 0.2) is 0 Å². The number of nitrogens with one attached hydrogen (secondary N) is 1. The van der Waals surface area contributed by atoms with E-state index in [1.807, 2.05) is 13.8 Å². The van der Waals surface area contributed by atoms with Gasteiger partial charge in [0.2, 0.25) is 5.91 Å². The molecule has 0 aliphatic rings. The first-order chi connectivity index (χ1) is 8.40. The first-order valence-electron chi connectivity index (χ1n) is 5.84. The molecular weight excluding hydrogens is 238 g/mol. The second-order valence-corrected chi connectivity index (χ2v) is 4.36. The molecule has 0 aliphatic heterocycles. The molecule has 0 fully saturated rings. The molecule has 0 saturated heterocycles. The van der Waals surface area contributed by atoms with Gasteiger partial charge in [0.15, 0.2) is 0 Å². The fourth-order valence-corrected chi connectivity index (χ4v) is 1.38. The molecule has 0 radical (unpaired) electrons. The minimum absolute atomic E-state index is 0.0538. The number of rotatable bonds is 7. The predicted molar refractivity (Wildman–Crippen MR) is 64.7 cm³/mol. The lowest BCUT2D eigenvalue weighted by atomic mass is 10.1. The van der Waals surface area contributed by atoms with Gasteiger partial charge in [0.1, 0.15) is 6.04 Å². The summed E-state index contributed by atoms with van der Waals surface area (Å²) in [5.41, 5.74) is 0. The van der Waals surface area contributed by atoms with Crippen molar-refractivity contribution < 1.29 is 23.9 Å². The molecule has 1 amide bonds. The molecule has 0 aromatic carbocycles. The van der Waals surface area contributed by atoms with Gasteiger partial charge in [-0.2, -0.15) is 0 Å². The summed E-state index contributed by atoms with van der Waals surface area (Å²) in [6, 6.07) is -0.805. The van der Waals surface area contributed by atoms with Gasteiger partial charge in [-0.15, -0.1) is 0 Å². The van der Waals surface area contributed by atoms with Crippen molar-refractivity contribution in [3.63, 3.8) is 0 Å². The highest BCUT2D eigenvalue weighted by atomic mass is 16.5. The molecule has 104 valence electrons. The average Bonchev–Trinajstić information content (AvgIpc) is 2.31. The third-order valence-electron chi connectivity index (χ3n) is 2.28. The fraction of sp³-hybridized carbons (Fsp3) is 0.750. The Bertz CT molecular complexity index is 301. The van der Waals surface area contributed by atoms with Crippen LogP contribution in [0.25, 0.3) is 0 Å². The number of carbonyl (C=O) groups excluding carboxylic acids is 3. The van der Waals surface area contributed by atoms with Gasteiger partial charge < -0.3 is 14.8 Å². The number of ether oxygens (including phenoxy) is 2. The maximum absolute atomic E-state index is 11.6. The van der Waals surface area contributed by atoms with Crippen molar-refractivity contribution in [1.82, 2.24) is 5.32 Å². The molecule has 0 saturated carbocycles. The minimum atomic E-state index is -0.805. The Labute approximate surface area is 107 Å². The van der Waals surface area contributed by atoms with Crippen LogP contribution in [-0.2, 0) is 23.9 Å². The number of methoxy groups -OCH3 is 2. The van der Waals surface area contributed by atoms with E-state index in [1.54, 1.807) is 0 Å². The van der Waals surface area contributed by atoms with E-state index in [-0.39, 0.29) is 24.7 Å². The number of hydrogen-bond donors (Lipinski definition) is 1. The summed E-state index contributed by atoms with van der Waals surface area (Å²) in [5.74, 6) is -1.02. The smallest absolute Gasteiger partial charge is 0.328 e. The quantitative estimate of drug-likeness (QED) is 0.679. The highest BCUT2D eigenvalue weighted by molar-refractivity contribution is 5.84. The van der Waals surface area contributed by atoms with Crippen molar-refractivity contribution in [2.45, 2.75) is 39.2 Å². The predicted octanol–water partition coefficient (Wildman–Crippen LogP) is 0.643. The van der Waals surface area contributed by atoms with E-state index in [4.69, 9.17) is 0 Å². The van der Waals surface area contributed by atoms with Crippen molar-refractivity contribution in [3.8, 4) is 0 Å². The lowest BCUT2D eigenvalue weighted by molar-refractivity contribution is -0.146. The van der Waals surface area contributed by atoms with Gasteiger partial charge in [-0.3, -0.25) is 9.59 Å². The van der Waals surface area contributed by atoms with Crippen molar-refractivity contribution in [1.29, 1.82) is 0 Å². The molecule has 0 spiro atoms. The van der Waals surface area contributed by atoms with E-state index in [0.29, 0.717) is 6.42 Å². The van der Waals surface area contributed by atoms with Gasteiger partial charge in [0.05, 0.1) is 14.2 Å². The third kappa shape index (κ3) is 6.88. The molecule has 0 aromatic heterocycles. The zero-order chi connectivity index (χ0) is 14.1. The SMILES string of the molecule is COC(=O)CC[C@@H](NC(=O)CC(C)C)C(=O)OC. The highest BCUT2D eigenvalue weighted by Gasteiger charge is 2.22. The summed E-state index contributed by atoms with van der Waals surface area (Å²) in [5, 5.41) is 2.56. The molecule has 0 unspecified atom stereocenters. The molecule has 1 N–H and O–H groups in total. The van der Waals surface area contributed by atoms with Crippen LogP contribution in [0.1, 0.15) is 33.1 Å².